The SMILES string of the molecule is CCOCCn1cncc1C1CCCN1. The molecule has 2 heterocycles. The molecule has 2 rings (SSSR count). The van der Waals surface area contributed by atoms with E-state index in [0.29, 0.717) is 6.04 Å². The first kappa shape index (κ1) is 10.6. The smallest absolute Gasteiger partial charge is 0.0949 e. The molecule has 1 aromatic rings. The van der Waals surface area contributed by atoms with Gasteiger partial charge >= 0.3 is 0 Å². The summed E-state index contributed by atoms with van der Waals surface area (Å²) in [4.78, 5) is 4.21. The van der Waals surface area contributed by atoms with Crippen molar-refractivity contribution in [3.63, 3.8) is 0 Å². The minimum Gasteiger partial charge on any atom is -0.380 e. The molecular weight excluding hydrogens is 190 g/mol. The minimum absolute atomic E-state index is 0.495. The summed E-state index contributed by atoms with van der Waals surface area (Å²) in [6.45, 7) is 5.61. The van der Waals surface area contributed by atoms with Gasteiger partial charge in [-0.15, -0.1) is 0 Å². The number of imidazole rings is 1. The van der Waals surface area contributed by atoms with Crippen LogP contribution in [0.4, 0.5) is 0 Å². The Morgan fingerprint density at radius 2 is 2.60 bits per heavy atom. The number of hydrogen-bond acceptors (Lipinski definition) is 3. The zero-order valence-electron chi connectivity index (χ0n) is 9.28. The number of nitrogens with zero attached hydrogens (tertiary/aromatic N) is 2. The van der Waals surface area contributed by atoms with Gasteiger partial charge in [-0.3, -0.25) is 0 Å². The Balaban J connectivity index is 1.95. The van der Waals surface area contributed by atoms with E-state index in [2.05, 4.69) is 14.9 Å². The van der Waals surface area contributed by atoms with Crippen LogP contribution in [0.25, 0.3) is 0 Å². The number of hydrogen-bond donors (Lipinski definition) is 1. The Hall–Kier alpha value is -0.870. The first-order valence-corrected chi connectivity index (χ1v) is 5.73. The molecule has 4 heteroatoms. The van der Waals surface area contributed by atoms with Crippen LogP contribution in [0.1, 0.15) is 31.5 Å². The van der Waals surface area contributed by atoms with Crippen molar-refractivity contribution in [1.82, 2.24) is 14.9 Å². The van der Waals surface area contributed by atoms with E-state index in [0.717, 1.165) is 26.3 Å². The molecule has 0 aliphatic carbocycles. The molecule has 0 radical (unpaired) electrons. The predicted molar refractivity (Wildman–Crippen MR) is 58.7 cm³/mol. The Kier molecular flexibility index (Phi) is 3.75. The highest BCUT2D eigenvalue weighted by Crippen LogP contribution is 2.22. The molecule has 1 aliphatic heterocycles. The van der Waals surface area contributed by atoms with Gasteiger partial charge in [0.25, 0.3) is 0 Å². The molecule has 1 N–H and O–H groups in total. The summed E-state index contributed by atoms with van der Waals surface area (Å²) in [5.41, 5.74) is 1.30. The lowest BCUT2D eigenvalue weighted by atomic mass is 10.2. The third kappa shape index (κ3) is 2.58. The third-order valence-corrected chi connectivity index (χ3v) is 2.84. The van der Waals surface area contributed by atoms with E-state index in [1.54, 1.807) is 0 Å². The predicted octanol–water partition coefficient (Wildman–Crippen LogP) is 1.34. The summed E-state index contributed by atoms with van der Waals surface area (Å²) in [5, 5.41) is 3.49. The van der Waals surface area contributed by atoms with Crippen molar-refractivity contribution in [2.75, 3.05) is 19.8 Å². The van der Waals surface area contributed by atoms with Gasteiger partial charge in [-0.25, -0.2) is 4.98 Å². The average molecular weight is 209 g/mol. The van der Waals surface area contributed by atoms with Crippen LogP contribution in [-0.2, 0) is 11.3 Å². The lowest BCUT2D eigenvalue weighted by Crippen LogP contribution is -2.18. The van der Waals surface area contributed by atoms with Gasteiger partial charge in [0.15, 0.2) is 0 Å². The van der Waals surface area contributed by atoms with Crippen molar-refractivity contribution in [3.8, 4) is 0 Å². The van der Waals surface area contributed by atoms with Crippen LogP contribution in [0.2, 0.25) is 0 Å². The molecule has 1 fully saturated rings. The van der Waals surface area contributed by atoms with Gasteiger partial charge in [0.1, 0.15) is 0 Å². The van der Waals surface area contributed by atoms with E-state index in [1.807, 2.05) is 19.4 Å². The fourth-order valence-corrected chi connectivity index (χ4v) is 2.05. The molecule has 84 valence electrons. The van der Waals surface area contributed by atoms with Gasteiger partial charge < -0.3 is 14.6 Å². The first-order chi connectivity index (χ1) is 7.42. The Labute approximate surface area is 90.6 Å². The quantitative estimate of drug-likeness (QED) is 0.744. The minimum atomic E-state index is 0.495. The van der Waals surface area contributed by atoms with Crippen molar-refractivity contribution < 1.29 is 4.74 Å². The molecule has 0 spiro atoms. The van der Waals surface area contributed by atoms with Gasteiger partial charge in [-0.1, -0.05) is 0 Å². The monoisotopic (exact) mass is 209 g/mol. The highest BCUT2D eigenvalue weighted by molar-refractivity contribution is 5.07. The highest BCUT2D eigenvalue weighted by atomic mass is 16.5. The third-order valence-electron chi connectivity index (χ3n) is 2.84. The molecule has 1 unspecified atom stereocenters. The van der Waals surface area contributed by atoms with E-state index in [9.17, 15) is 0 Å². The molecule has 1 aliphatic rings. The van der Waals surface area contributed by atoms with Crippen molar-refractivity contribution in [2.45, 2.75) is 32.4 Å². The summed E-state index contributed by atoms with van der Waals surface area (Å²) in [5.74, 6) is 0. The van der Waals surface area contributed by atoms with Crippen LogP contribution in [0.15, 0.2) is 12.5 Å². The van der Waals surface area contributed by atoms with Crippen molar-refractivity contribution in [2.24, 2.45) is 0 Å². The topological polar surface area (TPSA) is 39.1 Å². The number of rotatable bonds is 5. The summed E-state index contributed by atoms with van der Waals surface area (Å²) in [6, 6.07) is 0.495. The van der Waals surface area contributed by atoms with Crippen LogP contribution in [0.5, 0.6) is 0 Å². The Morgan fingerprint density at radius 1 is 1.67 bits per heavy atom. The van der Waals surface area contributed by atoms with E-state index in [1.165, 1.54) is 18.5 Å². The molecule has 0 bridgehead atoms. The zero-order valence-corrected chi connectivity index (χ0v) is 9.28. The molecule has 0 amide bonds. The van der Waals surface area contributed by atoms with E-state index < -0.39 is 0 Å². The maximum absolute atomic E-state index is 5.36. The fraction of sp³-hybridized carbons (Fsp3) is 0.727. The lowest BCUT2D eigenvalue weighted by molar-refractivity contribution is 0.138. The largest absolute Gasteiger partial charge is 0.380 e. The summed E-state index contributed by atoms with van der Waals surface area (Å²) in [7, 11) is 0. The van der Waals surface area contributed by atoms with Crippen LogP contribution >= 0.6 is 0 Å². The number of nitrogens with one attached hydrogen (secondary N) is 1. The van der Waals surface area contributed by atoms with Crippen LogP contribution in [0.3, 0.4) is 0 Å². The number of ether oxygens (including phenoxy) is 1. The fourth-order valence-electron chi connectivity index (χ4n) is 2.05. The maximum atomic E-state index is 5.36. The van der Waals surface area contributed by atoms with Gasteiger partial charge in [-0.2, -0.15) is 0 Å². The Morgan fingerprint density at radius 3 is 3.33 bits per heavy atom. The van der Waals surface area contributed by atoms with E-state index in [4.69, 9.17) is 4.74 Å². The molecule has 1 atom stereocenters. The van der Waals surface area contributed by atoms with E-state index in [-0.39, 0.29) is 0 Å². The van der Waals surface area contributed by atoms with E-state index >= 15 is 0 Å². The molecule has 0 aromatic carbocycles. The van der Waals surface area contributed by atoms with Crippen molar-refractivity contribution >= 4 is 0 Å². The number of aromatic nitrogens is 2. The summed E-state index contributed by atoms with van der Waals surface area (Å²) in [6.07, 6.45) is 6.35. The van der Waals surface area contributed by atoms with Crippen LogP contribution in [-0.4, -0.2) is 29.3 Å². The van der Waals surface area contributed by atoms with Crippen LogP contribution < -0.4 is 5.32 Å². The second-order valence-corrected chi connectivity index (χ2v) is 3.86. The second-order valence-electron chi connectivity index (χ2n) is 3.86. The van der Waals surface area contributed by atoms with Crippen LogP contribution in [0, 0.1) is 0 Å². The second kappa shape index (κ2) is 5.28. The van der Waals surface area contributed by atoms with Gasteiger partial charge in [0.2, 0.25) is 0 Å². The zero-order chi connectivity index (χ0) is 10.5. The standard InChI is InChI=1S/C11H19N3O/c1-2-15-7-6-14-9-12-8-11(14)10-4-3-5-13-10/h8-10,13H,2-7H2,1H3. The molecule has 1 aromatic heterocycles. The van der Waals surface area contributed by atoms with Gasteiger partial charge in [-0.05, 0) is 26.3 Å². The average Bonchev–Trinajstić information content (AvgIpc) is 2.87. The first-order valence-electron chi connectivity index (χ1n) is 5.73. The normalized spacial score (nSPS) is 21.0. The van der Waals surface area contributed by atoms with Crippen molar-refractivity contribution in [1.29, 1.82) is 0 Å². The summed E-state index contributed by atoms with van der Waals surface area (Å²) < 4.78 is 7.55. The lowest BCUT2D eigenvalue weighted by Gasteiger charge is -2.13. The molecule has 0 saturated carbocycles. The molecular formula is C11H19N3O. The molecule has 4 nitrogen and oxygen atoms in total. The van der Waals surface area contributed by atoms with Gasteiger partial charge in [0.05, 0.1) is 18.6 Å². The van der Waals surface area contributed by atoms with Gasteiger partial charge in [0, 0.05) is 25.4 Å². The van der Waals surface area contributed by atoms with Crippen molar-refractivity contribution in [3.05, 3.63) is 18.2 Å². The Bertz CT molecular complexity index is 292. The highest BCUT2D eigenvalue weighted by Gasteiger charge is 2.19. The summed E-state index contributed by atoms with van der Waals surface area (Å²) >= 11 is 0. The maximum Gasteiger partial charge on any atom is 0.0949 e. The molecule has 15 heavy (non-hydrogen) atoms. The molecule has 1 saturated heterocycles.